The van der Waals surface area contributed by atoms with Crippen molar-refractivity contribution in [2.75, 3.05) is 11.4 Å². The lowest BCUT2D eigenvalue weighted by molar-refractivity contribution is -0.130. The van der Waals surface area contributed by atoms with Gasteiger partial charge in [0.15, 0.2) is 0 Å². The lowest BCUT2D eigenvalue weighted by Crippen LogP contribution is -2.60. The number of anilines is 1. The van der Waals surface area contributed by atoms with Crippen LogP contribution in [0.15, 0.2) is 30.3 Å². The number of piperidine rings is 2. The molecule has 2 aliphatic heterocycles. The molecular formula is C15H19NO. The van der Waals surface area contributed by atoms with Crippen molar-refractivity contribution in [2.45, 2.75) is 32.7 Å². The molecule has 2 unspecified atom stereocenters. The number of nitrogens with zero attached hydrogens (tertiary/aromatic N) is 1. The molecule has 2 heteroatoms. The maximum Gasteiger partial charge on any atom is 0.139 e. The van der Waals surface area contributed by atoms with Crippen molar-refractivity contribution in [3.63, 3.8) is 0 Å². The lowest BCUT2D eigenvalue weighted by atomic mass is 9.64. The summed E-state index contributed by atoms with van der Waals surface area (Å²) in [7, 11) is 0. The molecule has 2 saturated heterocycles. The van der Waals surface area contributed by atoms with E-state index in [9.17, 15) is 4.79 Å². The molecular weight excluding hydrogens is 210 g/mol. The number of benzene rings is 1. The number of carbonyl (C=O) groups excluding carboxylic acids is 1. The highest BCUT2D eigenvalue weighted by atomic mass is 16.1. The summed E-state index contributed by atoms with van der Waals surface area (Å²) >= 11 is 0. The van der Waals surface area contributed by atoms with Gasteiger partial charge in [-0.05, 0) is 24.0 Å². The summed E-state index contributed by atoms with van der Waals surface area (Å²) in [4.78, 5) is 14.3. The molecule has 1 aromatic rings. The average molecular weight is 229 g/mol. The molecule has 2 bridgehead atoms. The minimum absolute atomic E-state index is 0.246. The summed E-state index contributed by atoms with van der Waals surface area (Å²) in [5, 5.41) is 0. The van der Waals surface area contributed by atoms with E-state index in [1.54, 1.807) is 0 Å². The molecule has 17 heavy (non-hydrogen) atoms. The molecule has 1 aliphatic carbocycles. The van der Waals surface area contributed by atoms with Crippen LogP contribution in [0.4, 0.5) is 5.69 Å². The van der Waals surface area contributed by atoms with E-state index in [1.165, 1.54) is 5.69 Å². The molecule has 2 heterocycles. The topological polar surface area (TPSA) is 20.3 Å². The first-order valence-corrected chi connectivity index (χ1v) is 6.42. The Kier molecular flexibility index (Phi) is 2.29. The SMILES string of the molecule is CC1(C)CC2CN(c3ccccc3)C1CC2=O. The van der Waals surface area contributed by atoms with Crippen LogP contribution in [-0.4, -0.2) is 18.4 Å². The number of para-hydroxylation sites is 1. The Bertz CT molecular complexity index is 437. The largest absolute Gasteiger partial charge is 0.367 e. The minimum atomic E-state index is 0.246. The number of ketones is 1. The Balaban J connectivity index is 1.96. The van der Waals surface area contributed by atoms with Crippen LogP contribution in [0.25, 0.3) is 0 Å². The van der Waals surface area contributed by atoms with Gasteiger partial charge in [0.2, 0.25) is 0 Å². The number of hydrogen-bond donors (Lipinski definition) is 0. The van der Waals surface area contributed by atoms with Crippen LogP contribution in [0.1, 0.15) is 26.7 Å². The molecule has 0 N–H and O–H groups in total. The molecule has 3 aliphatic rings. The van der Waals surface area contributed by atoms with E-state index >= 15 is 0 Å². The van der Waals surface area contributed by atoms with E-state index in [0.29, 0.717) is 11.8 Å². The highest BCUT2D eigenvalue weighted by molar-refractivity contribution is 5.85. The normalized spacial score (nSPS) is 30.7. The molecule has 0 aromatic heterocycles. The van der Waals surface area contributed by atoms with Gasteiger partial charge in [0.25, 0.3) is 0 Å². The molecule has 1 saturated carbocycles. The van der Waals surface area contributed by atoms with E-state index in [-0.39, 0.29) is 11.3 Å². The lowest BCUT2D eigenvalue weighted by Gasteiger charge is -2.54. The third kappa shape index (κ3) is 1.67. The van der Waals surface area contributed by atoms with E-state index in [1.807, 2.05) is 6.07 Å². The Labute approximate surface area is 103 Å². The van der Waals surface area contributed by atoms with Crippen LogP contribution in [0.3, 0.4) is 0 Å². The summed E-state index contributed by atoms with van der Waals surface area (Å²) < 4.78 is 0. The van der Waals surface area contributed by atoms with E-state index in [4.69, 9.17) is 0 Å². The van der Waals surface area contributed by atoms with Gasteiger partial charge in [-0.15, -0.1) is 0 Å². The second-order valence-electron chi connectivity index (χ2n) is 6.06. The van der Waals surface area contributed by atoms with Crippen LogP contribution in [0.2, 0.25) is 0 Å². The summed E-state index contributed by atoms with van der Waals surface area (Å²) in [6.45, 7) is 5.51. The zero-order valence-corrected chi connectivity index (χ0v) is 10.5. The van der Waals surface area contributed by atoms with Gasteiger partial charge in [0, 0.05) is 30.6 Å². The van der Waals surface area contributed by atoms with Crippen molar-refractivity contribution in [1.29, 1.82) is 0 Å². The van der Waals surface area contributed by atoms with Gasteiger partial charge in [-0.1, -0.05) is 32.0 Å². The number of hydrogen-bond acceptors (Lipinski definition) is 2. The van der Waals surface area contributed by atoms with E-state index in [2.05, 4.69) is 43.0 Å². The molecule has 1 aromatic carbocycles. The Morgan fingerprint density at radius 3 is 2.59 bits per heavy atom. The number of fused-ring (bicyclic) bond motifs is 3. The van der Waals surface area contributed by atoms with Crippen LogP contribution in [0.5, 0.6) is 0 Å². The summed E-state index contributed by atoms with van der Waals surface area (Å²) in [5.41, 5.74) is 1.52. The molecule has 3 fully saturated rings. The second-order valence-corrected chi connectivity index (χ2v) is 6.06. The highest BCUT2D eigenvalue weighted by Crippen LogP contribution is 2.46. The van der Waals surface area contributed by atoms with Crippen LogP contribution in [-0.2, 0) is 4.79 Å². The van der Waals surface area contributed by atoms with Crippen molar-refractivity contribution >= 4 is 11.5 Å². The van der Waals surface area contributed by atoms with Crippen molar-refractivity contribution in [3.8, 4) is 0 Å². The fourth-order valence-electron chi connectivity index (χ4n) is 3.49. The Morgan fingerprint density at radius 1 is 1.24 bits per heavy atom. The van der Waals surface area contributed by atoms with E-state index in [0.717, 1.165) is 19.4 Å². The summed E-state index contributed by atoms with van der Waals surface area (Å²) in [6.07, 6.45) is 1.78. The van der Waals surface area contributed by atoms with Gasteiger partial charge in [-0.25, -0.2) is 0 Å². The monoisotopic (exact) mass is 229 g/mol. The van der Waals surface area contributed by atoms with Gasteiger partial charge < -0.3 is 4.90 Å². The third-order valence-electron chi connectivity index (χ3n) is 4.41. The quantitative estimate of drug-likeness (QED) is 0.738. The smallest absolute Gasteiger partial charge is 0.139 e. The molecule has 90 valence electrons. The fourth-order valence-corrected chi connectivity index (χ4v) is 3.49. The van der Waals surface area contributed by atoms with Gasteiger partial charge >= 0.3 is 0 Å². The van der Waals surface area contributed by atoms with Crippen molar-refractivity contribution in [2.24, 2.45) is 11.3 Å². The Morgan fingerprint density at radius 2 is 1.94 bits per heavy atom. The molecule has 4 rings (SSSR count). The highest BCUT2D eigenvalue weighted by Gasteiger charge is 2.49. The van der Waals surface area contributed by atoms with Gasteiger partial charge in [0.05, 0.1) is 0 Å². The molecule has 0 radical (unpaired) electrons. The maximum atomic E-state index is 11.9. The van der Waals surface area contributed by atoms with Gasteiger partial charge in [0.1, 0.15) is 5.78 Å². The van der Waals surface area contributed by atoms with Gasteiger partial charge in [-0.3, -0.25) is 4.79 Å². The Hall–Kier alpha value is -1.31. The van der Waals surface area contributed by atoms with E-state index < -0.39 is 0 Å². The summed E-state index contributed by atoms with van der Waals surface area (Å²) in [6, 6.07) is 10.9. The standard InChI is InChI=1S/C15H19NO/c1-15(2)9-11-10-16(14(15)8-13(11)17)12-6-4-3-5-7-12/h3-7,11,14H,8-10H2,1-2H3. The second kappa shape index (κ2) is 3.59. The predicted octanol–water partition coefficient (Wildman–Crippen LogP) is 2.88. The minimum Gasteiger partial charge on any atom is -0.367 e. The number of Topliss-reactive ketones (excluding diaryl/α,β-unsaturated/α-hetero) is 1. The first-order valence-electron chi connectivity index (χ1n) is 6.42. The third-order valence-corrected chi connectivity index (χ3v) is 4.41. The molecule has 2 atom stereocenters. The van der Waals surface area contributed by atoms with Crippen LogP contribution >= 0.6 is 0 Å². The van der Waals surface area contributed by atoms with Gasteiger partial charge in [-0.2, -0.15) is 0 Å². The average Bonchev–Trinajstić information content (AvgIpc) is 2.31. The van der Waals surface area contributed by atoms with Crippen molar-refractivity contribution < 1.29 is 4.79 Å². The number of rotatable bonds is 1. The summed E-state index contributed by atoms with van der Waals surface area (Å²) in [5.74, 6) is 0.719. The fraction of sp³-hybridized carbons (Fsp3) is 0.533. The maximum absolute atomic E-state index is 11.9. The van der Waals surface area contributed by atoms with Crippen molar-refractivity contribution in [1.82, 2.24) is 0 Å². The van der Waals surface area contributed by atoms with Crippen LogP contribution in [0, 0.1) is 11.3 Å². The molecule has 0 spiro atoms. The first-order chi connectivity index (χ1) is 8.08. The zero-order valence-electron chi connectivity index (χ0n) is 10.5. The predicted molar refractivity (Wildman–Crippen MR) is 69.1 cm³/mol. The van der Waals surface area contributed by atoms with Crippen LogP contribution < -0.4 is 4.90 Å². The first kappa shape index (κ1) is 10.8. The zero-order chi connectivity index (χ0) is 12.0. The molecule has 0 amide bonds. The number of carbonyl (C=O) groups is 1. The van der Waals surface area contributed by atoms with Crippen molar-refractivity contribution in [3.05, 3.63) is 30.3 Å². The molecule has 2 nitrogen and oxygen atoms in total.